The molecule has 1 N–H and O–H groups in total. The number of thioether (sulfide) groups is 1. The quantitative estimate of drug-likeness (QED) is 0.614. The zero-order chi connectivity index (χ0) is 14.5. The average molecular weight is 284 g/mol. The van der Waals surface area contributed by atoms with Gasteiger partial charge in [0.2, 0.25) is 0 Å². The van der Waals surface area contributed by atoms with E-state index in [1.165, 1.54) is 30.3 Å². The lowest BCUT2D eigenvalue weighted by Gasteiger charge is -2.21. The van der Waals surface area contributed by atoms with Crippen LogP contribution in [0.2, 0.25) is 0 Å². The fraction of sp³-hybridized carbons (Fsp3) is 0.714. The molecule has 0 spiro atoms. The number of nitrogens with zero attached hydrogens (tertiary/aromatic N) is 2. The first-order chi connectivity index (χ1) is 8.86. The van der Waals surface area contributed by atoms with Crippen molar-refractivity contribution >= 4 is 17.7 Å². The van der Waals surface area contributed by atoms with Crippen molar-refractivity contribution in [1.29, 1.82) is 0 Å². The molecule has 1 aromatic rings. The van der Waals surface area contributed by atoms with Gasteiger partial charge in [-0.2, -0.15) is 0 Å². The van der Waals surface area contributed by atoms with Crippen LogP contribution in [0.3, 0.4) is 0 Å². The maximum atomic E-state index is 10.7. The highest BCUT2D eigenvalue weighted by molar-refractivity contribution is 7.99. The van der Waals surface area contributed by atoms with Crippen LogP contribution in [-0.2, 0) is 16.8 Å². The first-order valence-electron chi connectivity index (χ1n) is 6.77. The van der Waals surface area contributed by atoms with E-state index in [-0.39, 0.29) is 11.2 Å². The largest absolute Gasteiger partial charge is 0.481 e. The Hall–Kier alpha value is -0.970. The zero-order valence-electron chi connectivity index (χ0n) is 12.3. The summed E-state index contributed by atoms with van der Waals surface area (Å²) in [5, 5.41) is 9.61. The molecule has 0 atom stereocenters. The van der Waals surface area contributed by atoms with Gasteiger partial charge >= 0.3 is 5.97 Å². The Kier molecular flexibility index (Phi) is 5.91. The second-order valence-electron chi connectivity index (χ2n) is 5.72. The van der Waals surface area contributed by atoms with Crippen molar-refractivity contribution in [2.75, 3.05) is 5.75 Å². The Labute approximate surface area is 119 Å². The third kappa shape index (κ3) is 4.90. The Morgan fingerprint density at radius 1 is 1.42 bits per heavy atom. The summed E-state index contributed by atoms with van der Waals surface area (Å²) in [6.45, 7) is 9.57. The Morgan fingerprint density at radius 3 is 2.63 bits per heavy atom. The Morgan fingerprint density at radius 2 is 2.11 bits per heavy atom. The summed E-state index contributed by atoms with van der Waals surface area (Å²) >= 11 is 1.30. The number of imidazole rings is 1. The molecule has 5 heteroatoms. The Bertz CT molecular complexity index is 422. The maximum absolute atomic E-state index is 10.7. The molecule has 0 aliphatic carbocycles. The lowest BCUT2D eigenvalue weighted by atomic mass is 9.92. The number of hydrogen-bond acceptors (Lipinski definition) is 3. The molecule has 0 aromatic carbocycles. The van der Waals surface area contributed by atoms with Crippen LogP contribution in [0.25, 0.3) is 0 Å². The second-order valence-corrected chi connectivity index (χ2v) is 6.66. The van der Waals surface area contributed by atoms with E-state index in [1.54, 1.807) is 0 Å². The number of unbranched alkanes of at least 4 members (excludes halogenated alkanes) is 2. The zero-order valence-corrected chi connectivity index (χ0v) is 13.1. The van der Waals surface area contributed by atoms with Crippen LogP contribution in [0.15, 0.2) is 11.4 Å². The van der Waals surface area contributed by atoms with E-state index in [9.17, 15) is 4.79 Å². The molecule has 0 saturated carbocycles. The molecule has 0 fully saturated rings. The van der Waals surface area contributed by atoms with E-state index < -0.39 is 5.97 Å². The molecule has 4 nitrogen and oxygen atoms in total. The lowest BCUT2D eigenvalue weighted by Crippen LogP contribution is -2.18. The molecule has 0 aliphatic rings. The standard InChI is InChI=1S/C14H24N2O2S/c1-5-6-7-8-16-11(14(2,3)4)9-15-13(16)19-10-12(17)18/h9H,5-8,10H2,1-4H3,(H,17,18). The van der Waals surface area contributed by atoms with Crippen LogP contribution in [0.5, 0.6) is 0 Å². The molecule has 0 aliphatic heterocycles. The van der Waals surface area contributed by atoms with Gasteiger partial charge < -0.3 is 9.67 Å². The maximum Gasteiger partial charge on any atom is 0.313 e. The molecule has 1 rings (SSSR count). The van der Waals surface area contributed by atoms with Crippen LogP contribution < -0.4 is 0 Å². The fourth-order valence-corrected chi connectivity index (χ4v) is 2.66. The monoisotopic (exact) mass is 284 g/mol. The highest BCUT2D eigenvalue weighted by Gasteiger charge is 2.21. The normalized spacial score (nSPS) is 11.8. The molecule has 19 heavy (non-hydrogen) atoms. The van der Waals surface area contributed by atoms with E-state index in [4.69, 9.17) is 5.11 Å². The highest BCUT2D eigenvalue weighted by atomic mass is 32.2. The van der Waals surface area contributed by atoms with E-state index in [0.717, 1.165) is 18.1 Å². The van der Waals surface area contributed by atoms with Crippen molar-refractivity contribution in [2.45, 2.75) is 64.1 Å². The molecule has 1 aromatic heterocycles. The van der Waals surface area contributed by atoms with E-state index in [0.29, 0.717) is 0 Å². The van der Waals surface area contributed by atoms with E-state index in [1.807, 2.05) is 6.20 Å². The van der Waals surface area contributed by atoms with Gasteiger partial charge in [0.25, 0.3) is 0 Å². The molecular weight excluding hydrogens is 260 g/mol. The van der Waals surface area contributed by atoms with Gasteiger partial charge in [0.05, 0.1) is 5.75 Å². The van der Waals surface area contributed by atoms with Gasteiger partial charge in [-0.25, -0.2) is 4.98 Å². The average Bonchev–Trinajstić information content (AvgIpc) is 2.69. The molecule has 0 amide bonds. The predicted octanol–water partition coefficient (Wildman–Crippen LogP) is 3.55. The SMILES string of the molecule is CCCCCn1c(C(C)(C)C)cnc1SCC(=O)O. The number of hydrogen-bond donors (Lipinski definition) is 1. The van der Waals surface area contributed by atoms with Gasteiger partial charge in [-0.3, -0.25) is 4.79 Å². The minimum atomic E-state index is -0.801. The van der Waals surface area contributed by atoms with Gasteiger partial charge in [-0.15, -0.1) is 0 Å². The smallest absolute Gasteiger partial charge is 0.313 e. The molecule has 0 radical (unpaired) electrons. The highest BCUT2D eigenvalue weighted by Crippen LogP contribution is 2.28. The first-order valence-corrected chi connectivity index (χ1v) is 7.75. The van der Waals surface area contributed by atoms with Crippen molar-refractivity contribution in [3.8, 4) is 0 Å². The number of carboxylic acid groups (broad SMARTS) is 1. The minimum Gasteiger partial charge on any atom is -0.481 e. The van der Waals surface area contributed by atoms with Crippen LogP contribution in [0, 0.1) is 0 Å². The van der Waals surface area contributed by atoms with Crippen molar-refractivity contribution in [3.63, 3.8) is 0 Å². The molecule has 1 heterocycles. The number of aromatic nitrogens is 2. The summed E-state index contributed by atoms with van der Waals surface area (Å²) in [6.07, 6.45) is 5.36. The van der Waals surface area contributed by atoms with E-state index >= 15 is 0 Å². The summed E-state index contributed by atoms with van der Waals surface area (Å²) in [4.78, 5) is 15.1. The van der Waals surface area contributed by atoms with Crippen LogP contribution >= 0.6 is 11.8 Å². The number of carbonyl (C=O) groups is 1. The third-order valence-electron chi connectivity index (χ3n) is 2.90. The molecule has 0 bridgehead atoms. The van der Waals surface area contributed by atoms with Crippen LogP contribution in [0.1, 0.15) is 52.7 Å². The number of rotatable bonds is 7. The Balaban J connectivity index is 2.90. The topological polar surface area (TPSA) is 55.1 Å². The molecule has 0 unspecified atom stereocenters. The molecular formula is C14H24N2O2S. The van der Waals surface area contributed by atoms with Gasteiger partial charge in [0, 0.05) is 23.9 Å². The van der Waals surface area contributed by atoms with Gasteiger partial charge in [0.15, 0.2) is 5.16 Å². The summed E-state index contributed by atoms with van der Waals surface area (Å²) in [7, 11) is 0. The first kappa shape index (κ1) is 16.1. The fourth-order valence-electron chi connectivity index (χ4n) is 1.93. The van der Waals surface area contributed by atoms with Gasteiger partial charge in [0.1, 0.15) is 0 Å². The van der Waals surface area contributed by atoms with Crippen LogP contribution in [0.4, 0.5) is 0 Å². The van der Waals surface area contributed by atoms with Crippen molar-refractivity contribution in [3.05, 3.63) is 11.9 Å². The van der Waals surface area contributed by atoms with Crippen molar-refractivity contribution in [1.82, 2.24) is 9.55 Å². The predicted molar refractivity (Wildman–Crippen MR) is 78.8 cm³/mol. The third-order valence-corrected chi connectivity index (χ3v) is 3.87. The molecule has 0 saturated heterocycles. The second kappa shape index (κ2) is 6.98. The van der Waals surface area contributed by atoms with Crippen LogP contribution in [-0.4, -0.2) is 26.4 Å². The summed E-state index contributed by atoms with van der Waals surface area (Å²) in [5.41, 5.74) is 1.21. The minimum absolute atomic E-state index is 0.0290. The summed E-state index contributed by atoms with van der Waals surface area (Å²) in [6, 6.07) is 0. The van der Waals surface area contributed by atoms with Crippen molar-refractivity contribution < 1.29 is 9.90 Å². The summed E-state index contributed by atoms with van der Waals surface area (Å²) in [5.74, 6) is -0.737. The summed E-state index contributed by atoms with van der Waals surface area (Å²) < 4.78 is 2.18. The lowest BCUT2D eigenvalue weighted by molar-refractivity contribution is -0.133. The van der Waals surface area contributed by atoms with Crippen molar-refractivity contribution in [2.24, 2.45) is 0 Å². The number of carboxylic acids is 1. The molecule has 108 valence electrons. The number of aliphatic carboxylic acids is 1. The van der Waals surface area contributed by atoms with Gasteiger partial charge in [-0.05, 0) is 6.42 Å². The van der Waals surface area contributed by atoms with E-state index in [2.05, 4.69) is 37.2 Å². The van der Waals surface area contributed by atoms with Gasteiger partial charge in [-0.1, -0.05) is 52.3 Å².